The van der Waals surface area contributed by atoms with Gasteiger partial charge in [-0.3, -0.25) is 19.8 Å². The summed E-state index contributed by atoms with van der Waals surface area (Å²) in [4.78, 5) is 48.9. The molecule has 36 heavy (non-hydrogen) atoms. The molecule has 3 amide bonds. The van der Waals surface area contributed by atoms with E-state index in [2.05, 4.69) is 10.1 Å². The third-order valence-electron chi connectivity index (χ3n) is 5.31. The normalized spacial score (nSPS) is 14.2. The van der Waals surface area contributed by atoms with E-state index in [4.69, 9.17) is 9.15 Å². The first-order chi connectivity index (χ1) is 17.3. The van der Waals surface area contributed by atoms with Gasteiger partial charge in [-0.15, -0.1) is 0 Å². The highest BCUT2D eigenvalue weighted by molar-refractivity contribution is 6.14. The highest BCUT2D eigenvalue weighted by atomic mass is 16.6. The number of benzene rings is 2. The van der Waals surface area contributed by atoms with E-state index in [1.807, 2.05) is 31.2 Å². The molecule has 3 aromatic rings. The van der Waals surface area contributed by atoms with Gasteiger partial charge in [0.2, 0.25) is 11.5 Å². The molecule has 1 N–H and O–H groups in total. The summed E-state index contributed by atoms with van der Waals surface area (Å²) in [7, 11) is 1.20. The predicted molar refractivity (Wildman–Crippen MR) is 126 cm³/mol. The van der Waals surface area contributed by atoms with Crippen LogP contribution in [0.5, 0.6) is 5.75 Å². The molecule has 1 aromatic heterocycles. The number of aryl methyl sites for hydroxylation is 1. The van der Waals surface area contributed by atoms with Crippen LogP contribution < -0.4 is 10.1 Å². The molecule has 0 bridgehead atoms. The zero-order chi connectivity index (χ0) is 25.8. The maximum atomic E-state index is 12.9. The summed E-state index contributed by atoms with van der Waals surface area (Å²) < 4.78 is 15.7. The molecule has 11 nitrogen and oxygen atoms in total. The standard InChI is InChI=1S/C25H21N3O8/c1-15-5-3-6-16(11-15)14-35-22-17(7-4-8-20(22)28(32)33)12-19-23(29)27(25(31)26-19)13-18-9-10-21(36-18)24(30)34-2/h3-12H,13-14H2,1-2H3,(H,26,31). The quantitative estimate of drug-likeness (QED) is 0.164. The third kappa shape index (κ3) is 5.09. The third-order valence-corrected chi connectivity index (χ3v) is 5.31. The van der Waals surface area contributed by atoms with Gasteiger partial charge in [0.05, 0.1) is 18.6 Å². The van der Waals surface area contributed by atoms with Gasteiger partial charge >= 0.3 is 17.7 Å². The zero-order valence-corrected chi connectivity index (χ0v) is 19.3. The lowest BCUT2D eigenvalue weighted by atomic mass is 10.1. The van der Waals surface area contributed by atoms with Gasteiger partial charge in [-0.25, -0.2) is 9.59 Å². The van der Waals surface area contributed by atoms with Crippen molar-refractivity contribution in [2.75, 3.05) is 7.11 Å². The Morgan fingerprint density at radius 1 is 1.17 bits per heavy atom. The van der Waals surface area contributed by atoms with Crippen molar-refractivity contribution in [3.05, 3.63) is 98.6 Å². The largest absolute Gasteiger partial charge is 0.482 e. The summed E-state index contributed by atoms with van der Waals surface area (Å²) in [5.41, 5.74) is 1.69. The molecule has 1 fully saturated rings. The highest BCUT2D eigenvalue weighted by Gasteiger charge is 2.35. The number of para-hydroxylation sites is 1. The molecule has 1 aliphatic heterocycles. The van der Waals surface area contributed by atoms with E-state index in [-0.39, 0.29) is 47.4 Å². The van der Waals surface area contributed by atoms with Gasteiger partial charge in [0, 0.05) is 11.6 Å². The predicted octanol–water partition coefficient (Wildman–Crippen LogP) is 3.95. The number of nitrogens with zero attached hydrogens (tertiary/aromatic N) is 2. The zero-order valence-electron chi connectivity index (χ0n) is 19.3. The van der Waals surface area contributed by atoms with Gasteiger partial charge in [0.1, 0.15) is 18.1 Å². The Balaban J connectivity index is 1.59. The van der Waals surface area contributed by atoms with Gasteiger partial charge < -0.3 is 19.2 Å². The molecule has 1 saturated heterocycles. The van der Waals surface area contributed by atoms with Crippen molar-refractivity contribution < 1.29 is 33.2 Å². The van der Waals surface area contributed by atoms with Crippen LogP contribution in [0.4, 0.5) is 10.5 Å². The number of furan rings is 1. The van der Waals surface area contributed by atoms with Gasteiger partial charge in [0.25, 0.3) is 5.91 Å². The number of hydrogen-bond acceptors (Lipinski definition) is 8. The van der Waals surface area contributed by atoms with Crippen molar-refractivity contribution in [2.24, 2.45) is 0 Å². The molecule has 0 spiro atoms. The molecule has 0 unspecified atom stereocenters. The molecular formula is C25H21N3O8. The van der Waals surface area contributed by atoms with E-state index in [9.17, 15) is 24.5 Å². The van der Waals surface area contributed by atoms with Crippen LogP contribution in [0.1, 0.15) is 33.0 Å². The second-order valence-electron chi connectivity index (χ2n) is 7.87. The van der Waals surface area contributed by atoms with Crippen LogP contribution in [0.3, 0.4) is 0 Å². The van der Waals surface area contributed by atoms with Crippen molar-refractivity contribution in [1.29, 1.82) is 0 Å². The fourth-order valence-corrected chi connectivity index (χ4v) is 3.61. The van der Waals surface area contributed by atoms with E-state index >= 15 is 0 Å². The number of ether oxygens (including phenoxy) is 2. The number of imide groups is 1. The van der Waals surface area contributed by atoms with E-state index in [0.29, 0.717) is 0 Å². The molecule has 0 saturated carbocycles. The summed E-state index contributed by atoms with van der Waals surface area (Å²) in [5.74, 6) is -1.28. The molecule has 2 heterocycles. The van der Waals surface area contributed by atoms with Gasteiger partial charge in [-0.1, -0.05) is 42.0 Å². The van der Waals surface area contributed by atoms with Gasteiger partial charge in [-0.05, 0) is 30.7 Å². The lowest BCUT2D eigenvalue weighted by Gasteiger charge is -2.11. The smallest absolute Gasteiger partial charge is 0.373 e. The van der Waals surface area contributed by atoms with Gasteiger partial charge in [0.15, 0.2) is 0 Å². The molecule has 2 aromatic carbocycles. The topological polar surface area (TPSA) is 141 Å². The number of urea groups is 1. The van der Waals surface area contributed by atoms with Crippen molar-refractivity contribution in [3.8, 4) is 5.75 Å². The average Bonchev–Trinajstić information content (AvgIpc) is 3.43. The Labute approximate surface area is 205 Å². The van der Waals surface area contributed by atoms with E-state index < -0.39 is 22.8 Å². The SMILES string of the molecule is COC(=O)c1ccc(CN2C(=O)NC(=Cc3cccc([N+](=O)[O-])c3OCc3cccc(C)c3)C2=O)o1. The minimum absolute atomic E-state index is 0.0363. The van der Waals surface area contributed by atoms with Crippen LogP contribution in [-0.2, 0) is 22.7 Å². The highest BCUT2D eigenvalue weighted by Crippen LogP contribution is 2.33. The summed E-state index contributed by atoms with van der Waals surface area (Å²) in [6, 6.07) is 13.9. The minimum Gasteiger partial charge on any atom is -0.482 e. The summed E-state index contributed by atoms with van der Waals surface area (Å²) in [6.45, 7) is 1.75. The molecule has 1 aliphatic rings. The number of carbonyl (C=O) groups is 3. The molecule has 11 heteroatoms. The first-order valence-electron chi connectivity index (χ1n) is 10.7. The van der Waals surface area contributed by atoms with E-state index in [1.165, 1.54) is 37.5 Å². The Hall–Kier alpha value is -4.93. The van der Waals surface area contributed by atoms with Crippen molar-refractivity contribution in [1.82, 2.24) is 10.2 Å². The lowest BCUT2D eigenvalue weighted by molar-refractivity contribution is -0.386. The van der Waals surface area contributed by atoms with Crippen LogP contribution in [0.2, 0.25) is 0 Å². The lowest BCUT2D eigenvalue weighted by Crippen LogP contribution is -2.30. The number of amides is 3. The van der Waals surface area contributed by atoms with Crippen LogP contribution in [-0.4, -0.2) is 34.8 Å². The summed E-state index contributed by atoms with van der Waals surface area (Å²) in [6.07, 6.45) is 1.32. The number of nitro groups is 1. The van der Waals surface area contributed by atoms with E-state index in [1.54, 1.807) is 6.07 Å². The minimum atomic E-state index is -0.713. The van der Waals surface area contributed by atoms with Crippen LogP contribution >= 0.6 is 0 Å². The number of methoxy groups -OCH3 is 1. The number of rotatable bonds is 8. The summed E-state index contributed by atoms with van der Waals surface area (Å²) >= 11 is 0. The molecule has 0 radical (unpaired) electrons. The fraction of sp³-hybridized carbons (Fsp3) is 0.160. The Kier molecular flexibility index (Phi) is 6.81. The number of esters is 1. The number of hydrogen-bond donors (Lipinski definition) is 1. The fourth-order valence-electron chi connectivity index (χ4n) is 3.61. The number of nitrogens with one attached hydrogen (secondary N) is 1. The molecule has 4 rings (SSSR count). The van der Waals surface area contributed by atoms with Crippen LogP contribution in [0.25, 0.3) is 6.08 Å². The molecule has 184 valence electrons. The second kappa shape index (κ2) is 10.1. The Bertz CT molecular complexity index is 1390. The monoisotopic (exact) mass is 491 g/mol. The average molecular weight is 491 g/mol. The molecule has 0 aliphatic carbocycles. The van der Waals surface area contributed by atoms with Crippen molar-refractivity contribution >= 4 is 29.7 Å². The van der Waals surface area contributed by atoms with Crippen molar-refractivity contribution in [3.63, 3.8) is 0 Å². The first kappa shape index (κ1) is 24.2. The number of carbonyl (C=O) groups excluding carboxylic acids is 3. The van der Waals surface area contributed by atoms with Crippen molar-refractivity contribution in [2.45, 2.75) is 20.1 Å². The Morgan fingerprint density at radius 2 is 1.94 bits per heavy atom. The van der Waals surface area contributed by atoms with E-state index in [0.717, 1.165) is 16.0 Å². The summed E-state index contributed by atoms with van der Waals surface area (Å²) in [5, 5.41) is 14.1. The number of nitro benzene ring substituents is 1. The maximum absolute atomic E-state index is 12.9. The second-order valence-corrected chi connectivity index (χ2v) is 7.87. The van der Waals surface area contributed by atoms with Gasteiger partial charge in [-0.2, -0.15) is 0 Å². The first-order valence-corrected chi connectivity index (χ1v) is 10.7. The maximum Gasteiger partial charge on any atom is 0.373 e. The Morgan fingerprint density at radius 3 is 2.67 bits per heavy atom. The van der Waals surface area contributed by atoms with Crippen LogP contribution in [0.15, 0.2) is 64.7 Å². The molecular weight excluding hydrogens is 470 g/mol. The van der Waals surface area contributed by atoms with Crippen LogP contribution in [0, 0.1) is 17.0 Å². The molecule has 0 atom stereocenters.